The molecule has 0 spiro atoms. The van der Waals surface area contributed by atoms with Crippen LogP contribution < -0.4 is 5.32 Å². The molecule has 5 nitrogen and oxygen atoms in total. The minimum atomic E-state index is -4.36. The molecule has 0 unspecified atom stereocenters. The van der Waals surface area contributed by atoms with Crippen LogP contribution in [0.4, 0.5) is 19.0 Å². The normalized spacial score (nSPS) is 24.0. The maximum absolute atomic E-state index is 12.6. The summed E-state index contributed by atoms with van der Waals surface area (Å²) in [4.78, 5) is 6.26. The van der Waals surface area contributed by atoms with E-state index < -0.39 is 11.7 Å². The molecule has 24 heavy (non-hydrogen) atoms. The second-order valence-corrected chi connectivity index (χ2v) is 6.15. The first kappa shape index (κ1) is 17.4. The Labute approximate surface area is 139 Å². The zero-order valence-electron chi connectivity index (χ0n) is 13.4. The summed E-state index contributed by atoms with van der Waals surface area (Å²) in [5, 5.41) is 3.18. The van der Waals surface area contributed by atoms with Crippen LogP contribution in [0.25, 0.3) is 0 Å². The quantitative estimate of drug-likeness (QED) is 0.887. The number of alkyl halides is 3. The van der Waals surface area contributed by atoms with Crippen LogP contribution in [0, 0.1) is 5.92 Å². The van der Waals surface area contributed by atoms with Crippen molar-refractivity contribution in [3.05, 3.63) is 23.9 Å². The minimum Gasteiger partial charge on any atom is -0.381 e. The second kappa shape index (κ2) is 7.67. The molecule has 3 heterocycles. The Hall–Kier alpha value is -1.38. The Morgan fingerprint density at radius 1 is 1.21 bits per heavy atom. The number of nitrogens with one attached hydrogen (secondary N) is 1. The van der Waals surface area contributed by atoms with Gasteiger partial charge in [0.25, 0.3) is 0 Å². The van der Waals surface area contributed by atoms with Gasteiger partial charge in [-0.3, -0.25) is 4.90 Å². The Bertz CT molecular complexity index is 512. The highest BCUT2D eigenvalue weighted by molar-refractivity contribution is 5.36. The first-order valence-electron chi connectivity index (χ1n) is 8.21. The number of rotatable bonds is 5. The number of ether oxygens (including phenoxy) is 2. The molecular weight excluding hydrogens is 323 g/mol. The summed E-state index contributed by atoms with van der Waals surface area (Å²) in [5.74, 6) is 0.880. The van der Waals surface area contributed by atoms with Gasteiger partial charge in [-0.1, -0.05) is 0 Å². The third kappa shape index (κ3) is 4.37. The summed E-state index contributed by atoms with van der Waals surface area (Å²) in [7, 11) is 0. The molecule has 2 saturated heterocycles. The molecule has 1 N–H and O–H groups in total. The van der Waals surface area contributed by atoms with Crippen LogP contribution in [-0.4, -0.2) is 62.0 Å². The smallest absolute Gasteiger partial charge is 0.381 e. The van der Waals surface area contributed by atoms with Gasteiger partial charge in [-0.25, -0.2) is 4.98 Å². The van der Waals surface area contributed by atoms with Crippen molar-refractivity contribution in [1.29, 1.82) is 0 Å². The van der Waals surface area contributed by atoms with Crippen molar-refractivity contribution in [2.24, 2.45) is 5.92 Å². The number of anilines is 1. The van der Waals surface area contributed by atoms with Crippen LogP contribution in [0.3, 0.4) is 0 Å². The molecule has 2 fully saturated rings. The fourth-order valence-corrected chi connectivity index (χ4v) is 3.23. The molecule has 0 radical (unpaired) electrons. The number of pyridine rings is 1. The molecule has 2 aliphatic rings. The van der Waals surface area contributed by atoms with Gasteiger partial charge in [0, 0.05) is 44.4 Å². The molecule has 0 aliphatic carbocycles. The standard InChI is InChI=1S/C16H22F3N3O2/c17-16(18,19)13-1-2-15(20-9-13)21-10-14(12-3-6-24-11-12)22-4-7-23-8-5-22/h1-2,9,12,14H,3-8,10-11H2,(H,20,21)/t12-,14-/m1/s1. The van der Waals surface area contributed by atoms with Crippen LogP contribution >= 0.6 is 0 Å². The number of aromatic nitrogens is 1. The van der Waals surface area contributed by atoms with Crippen LogP contribution in [0.5, 0.6) is 0 Å². The van der Waals surface area contributed by atoms with Crippen LogP contribution in [-0.2, 0) is 15.7 Å². The molecule has 8 heteroatoms. The fourth-order valence-electron chi connectivity index (χ4n) is 3.23. The van der Waals surface area contributed by atoms with E-state index in [0.717, 1.165) is 45.0 Å². The highest BCUT2D eigenvalue weighted by Crippen LogP contribution is 2.29. The lowest BCUT2D eigenvalue weighted by Crippen LogP contribution is -2.50. The molecule has 3 rings (SSSR count). The Kier molecular flexibility index (Phi) is 5.57. The fraction of sp³-hybridized carbons (Fsp3) is 0.688. The van der Waals surface area contributed by atoms with E-state index in [1.165, 1.54) is 6.07 Å². The predicted octanol–water partition coefficient (Wildman–Crippen LogP) is 2.25. The molecule has 1 aromatic rings. The third-order valence-electron chi connectivity index (χ3n) is 4.61. The highest BCUT2D eigenvalue weighted by atomic mass is 19.4. The predicted molar refractivity (Wildman–Crippen MR) is 82.8 cm³/mol. The van der Waals surface area contributed by atoms with Crippen LogP contribution in [0.15, 0.2) is 18.3 Å². The van der Waals surface area contributed by atoms with E-state index in [1.807, 2.05) is 0 Å². The van der Waals surface area contributed by atoms with Crippen molar-refractivity contribution in [3.63, 3.8) is 0 Å². The molecule has 0 aromatic carbocycles. The van der Waals surface area contributed by atoms with Gasteiger partial charge in [-0.15, -0.1) is 0 Å². The molecule has 1 aromatic heterocycles. The first-order valence-corrected chi connectivity index (χ1v) is 8.21. The lowest BCUT2D eigenvalue weighted by Gasteiger charge is -2.37. The Morgan fingerprint density at radius 3 is 2.58 bits per heavy atom. The van der Waals surface area contributed by atoms with Crippen molar-refractivity contribution in [1.82, 2.24) is 9.88 Å². The monoisotopic (exact) mass is 345 g/mol. The summed E-state index contributed by atoms with van der Waals surface area (Å²) < 4.78 is 48.7. The number of hydrogen-bond donors (Lipinski definition) is 1. The number of halogens is 3. The molecular formula is C16H22F3N3O2. The largest absolute Gasteiger partial charge is 0.417 e. The van der Waals surface area contributed by atoms with Crippen LogP contribution in [0.1, 0.15) is 12.0 Å². The molecule has 0 saturated carbocycles. The topological polar surface area (TPSA) is 46.6 Å². The van der Waals surface area contributed by atoms with Crippen LogP contribution in [0.2, 0.25) is 0 Å². The highest BCUT2D eigenvalue weighted by Gasteiger charge is 2.32. The van der Waals surface area contributed by atoms with Crippen molar-refractivity contribution < 1.29 is 22.6 Å². The van der Waals surface area contributed by atoms with Gasteiger partial charge in [0.05, 0.1) is 25.4 Å². The molecule has 134 valence electrons. The van der Waals surface area contributed by atoms with E-state index >= 15 is 0 Å². The Morgan fingerprint density at radius 2 is 2.00 bits per heavy atom. The van der Waals surface area contributed by atoms with Crippen molar-refractivity contribution >= 4 is 5.82 Å². The Balaban J connectivity index is 1.62. The molecule has 2 atom stereocenters. The lowest BCUT2D eigenvalue weighted by molar-refractivity contribution is -0.137. The van der Waals surface area contributed by atoms with Gasteiger partial charge in [-0.2, -0.15) is 13.2 Å². The lowest BCUT2D eigenvalue weighted by atomic mass is 9.97. The van der Waals surface area contributed by atoms with Gasteiger partial charge < -0.3 is 14.8 Å². The van der Waals surface area contributed by atoms with E-state index in [2.05, 4.69) is 15.2 Å². The SMILES string of the molecule is FC(F)(F)c1ccc(NC[C@H]([C@@H]2CCOC2)N2CCOCC2)nc1. The summed E-state index contributed by atoms with van der Waals surface area (Å²) in [5.41, 5.74) is -0.734. The van der Waals surface area contributed by atoms with E-state index in [1.54, 1.807) is 0 Å². The minimum absolute atomic E-state index is 0.264. The van der Waals surface area contributed by atoms with Gasteiger partial charge in [0.15, 0.2) is 0 Å². The van der Waals surface area contributed by atoms with E-state index in [9.17, 15) is 13.2 Å². The number of nitrogens with zero attached hydrogens (tertiary/aromatic N) is 2. The number of morpholine rings is 1. The average molecular weight is 345 g/mol. The van der Waals surface area contributed by atoms with Crippen molar-refractivity contribution in [2.45, 2.75) is 18.6 Å². The third-order valence-corrected chi connectivity index (χ3v) is 4.61. The number of hydrogen-bond acceptors (Lipinski definition) is 5. The summed E-state index contributed by atoms with van der Waals surface area (Å²) in [6, 6.07) is 2.70. The summed E-state index contributed by atoms with van der Waals surface area (Å²) in [6.45, 7) is 5.28. The summed E-state index contributed by atoms with van der Waals surface area (Å²) >= 11 is 0. The zero-order valence-corrected chi connectivity index (χ0v) is 13.4. The van der Waals surface area contributed by atoms with Crippen molar-refractivity contribution in [2.75, 3.05) is 51.4 Å². The van der Waals surface area contributed by atoms with E-state index in [-0.39, 0.29) is 6.04 Å². The van der Waals surface area contributed by atoms with Crippen molar-refractivity contribution in [3.8, 4) is 0 Å². The molecule has 0 bridgehead atoms. The van der Waals surface area contributed by atoms with Gasteiger partial charge in [0.2, 0.25) is 0 Å². The molecule has 0 amide bonds. The van der Waals surface area contributed by atoms with Gasteiger partial charge >= 0.3 is 6.18 Å². The first-order chi connectivity index (χ1) is 11.5. The maximum atomic E-state index is 12.6. The van der Waals surface area contributed by atoms with Gasteiger partial charge in [0.1, 0.15) is 5.82 Å². The van der Waals surface area contributed by atoms with E-state index in [0.29, 0.717) is 31.5 Å². The zero-order chi connectivity index (χ0) is 17.0. The molecule has 2 aliphatic heterocycles. The second-order valence-electron chi connectivity index (χ2n) is 6.15. The van der Waals surface area contributed by atoms with Gasteiger partial charge in [-0.05, 0) is 18.6 Å². The average Bonchev–Trinajstić information content (AvgIpc) is 3.10. The maximum Gasteiger partial charge on any atom is 0.417 e. The summed E-state index contributed by atoms with van der Waals surface area (Å²) in [6.07, 6.45) is -2.49. The van der Waals surface area contributed by atoms with E-state index in [4.69, 9.17) is 9.47 Å².